The number of rotatable bonds is 3. The van der Waals surface area contributed by atoms with Crippen LogP contribution in [0.2, 0.25) is 0 Å². The van der Waals surface area contributed by atoms with Crippen LogP contribution < -0.4 is 10.9 Å². The van der Waals surface area contributed by atoms with Crippen LogP contribution in [0.3, 0.4) is 0 Å². The van der Waals surface area contributed by atoms with Crippen LogP contribution in [0.4, 0.5) is 0 Å². The number of allylic oxidation sites excluding steroid dienone is 1. The molecule has 0 atom stereocenters. The molecule has 2 N–H and O–H groups in total. The molecule has 0 aromatic heterocycles. The Morgan fingerprint density at radius 2 is 1.62 bits per heavy atom. The summed E-state index contributed by atoms with van der Waals surface area (Å²) in [6, 6.07) is 14.4. The van der Waals surface area contributed by atoms with E-state index in [1.807, 2.05) is 24.3 Å². The van der Waals surface area contributed by atoms with Crippen LogP contribution in [0.1, 0.15) is 26.3 Å². The molecule has 2 aromatic carbocycles. The number of hydrazine groups is 1. The molecule has 0 aliphatic heterocycles. The first-order chi connectivity index (χ1) is 10.2. The van der Waals surface area contributed by atoms with E-state index in [9.17, 15) is 9.59 Å². The highest BCUT2D eigenvalue weighted by Crippen LogP contribution is 2.24. The summed E-state index contributed by atoms with van der Waals surface area (Å²) in [6.45, 7) is 0. The molecule has 3 rings (SSSR count). The lowest BCUT2D eigenvalue weighted by Gasteiger charge is -2.11. The van der Waals surface area contributed by atoms with Crippen molar-refractivity contribution < 1.29 is 9.59 Å². The van der Waals surface area contributed by atoms with Crippen molar-refractivity contribution in [2.75, 3.05) is 0 Å². The molecular weight excluding hydrogens is 332 g/mol. The Kier molecular flexibility index (Phi) is 3.58. The summed E-state index contributed by atoms with van der Waals surface area (Å²) >= 11 is 3.33. The van der Waals surface area contributed by atoms with E-state index in [1.54, 1.807) is 24.3 Å². The van der Waals surface area contributed by atoms with Crippen molar-refractivity contribution in [3.05, 3.63) is 75.8 Å². The van der Waals surface area contributed by atoms with Gasteiger partial charge < -0.3 is 0 Å². The molecule has 0 bridgehead atoms. The molecule has 0 heterocycles. The Morgan fingerprint density at radius 1 is 0.952 bits per heavy atom. The number of amides is 1. The van der Waals surface area contributed by atoms with Crippen molar-refractivity contribution in [1.29, 1.82) is 0 Å². The lowest BCUT2D eigenvalue weighted by atomic mass is 10.1. The summed E-state index contributed by atoms with van der Waals surface area (Å²) in [7, 11) is 0. The Hall–Kier alpha value is -2.40. The third kappa shape index (κ3) is 2.60. The van der Waals surface area contributed by atoms with Crippen molar-refractivity contribution in [3.63, 3.8) is 0 Å². The van der Waals surface area contributed by atoms with Gasteiger partial charge in [0.05, 0.1) is 11.3 Å². The van der Waals surface area contributed by atoms with Crippen LogP contribution in [-0.4, -0.2) is 11.7 Å². The van der Waals surface area contributed by atoms with Gasteiger partial charge in [0.2, 0.25) is 0 Å². The summed E-state index contributed by atoms with van der Waals surface area (Å²) < 4.78 is 0.709. The van der Waals surface area contributed by atoms with E-state index >= 15 is 0 Å². The number of halogens is 1. The average molecular weight is 343 g/mol. The molecule has 5 heteroatoms. The lowest BCUT2D eigenvalue weighted by Crippen LogP contribution is -2.36. The smallest absolute Gasteiger partial charge is 0.270 e. The van der Waals surface area contributed by atoms with Gasteiger partial charge in [-0.3, -0.25) is 20.4 Å². The zero-order valence-electron chi connectivity index (χ0n) is 10.9. The lowest BCUT2D eigenvalue weighted by molar-refractivity contribution is 0.0940. The van der Waals surface area contributed by atoms with Gasteiger partial charge in [0, 0.05) is 21.7 Å². The van der Waals surface area contributed by atoms with Gasteiger partial charge >= 0.3 is 0 Å². The van der Waals surface area contributed by atoms with Crippen molar-refractivity contribution in [2.45, 2.75) is 0 Å². The molecule has 0 fully saturated rings. The van der Waals surface area contributed by atoms with Crippen LogP contribution in [0.25, 0.3) is 5.70 Å². The van der Waals surface area contributed by atoms with Crippen molar-refractivity contribution in [2.24, 2.45) is 0 Å². The van der Waals surface area contributed by atoms with Crippen molar-refractivity contribution in [3.8, 4) is 0 Å². The molecule has 1 amide bonds. The minimum atomic E-state index is -0.278. The fourth-order valence-corrected chi connectivity index (χ4v) is 2.62. The zero-order chi connectivity index (χ0) is 14.8. The van der Waals surface area contributed by atoms with E-state index in [1.165, 1.54) is 6.08 Å². The Morgan fingerprint density at radius 3 is 2.38 bits per heavy atom. The molecule has 4 nitrogen and oxygen atoms in total. The first-order valence-corrected chi connectivity index (χ1v) is 7.12. The molecule has 0 saturated carbocycles. The first-order valence-electron chi connectivity index (χ1n) is 6.33. The number of hydrogen-bond donors (Lipinski definition) is 2. The van der Waals surface area contributed by atoms with Gasteiger partial charge in [0.25, 0.3) is 5.91 Å². The van der Waals surface area contributed by atoms with Gasteiger partial charge in [0.15, 0.2) is 5.78 Å². The maximum Gasteiger partial charge on any atom is 0.270 e. The Bertz CT molecular complexity index is 768. The maximum absolute atomic E-state index is 12.1. The van der Waals surface area contributed by atoms with Crippen molar-refractivity contribution in [1.82, 2.24) is 10.9 Å². The number of hydrogen-bond acceptors (Lipinski definition) is 3. The molecule has 104 valence electrons. The van der Waals surface area contributed by atoms with E-state index in [2.05, 4.69) is 26.8 Å². The number of nitrogens with one attached hydrogen (secondary N) is 2. The third-order valence-electron chi connectivity index (χ3n) is 3.19. The zero-order valence-corrected chi connectivity index (χ0v) is 12.5. The topological polar surface area (TPSA) is 58.2 Å². The predicted octanol–water partition coefficient (Wildman–Crippen LogP) is 2.92. The Labute approximate surface area is 130 Å². The maximum atomic E-state index is 12.1. The van der Waals surface area contributed by atoms with Crippen LogP contribution in [0, 0.1) is 0 Å². The summed E-state index contributed by atoms with van der Waals surface area (Å²) in [4.78, 5) is 23.9. The number of ketones is 1. The fourth-order valence-electron chi connectivity index (χ4n) is 2.16. The molecule has 0 radical (unpaired) electrons. The fraction of sp³-hybridized carbons (Fsp3) is 0. The van der Waals surface area contributed by atoms with Gasteiger partial charge in [0.1, 0.15) is 0 Å². The third-order valence-corrected chi connectivity index (χ3v) is 3.88. The Balaban J connectivity index is 1.75. The molecule has 0 unspecified atom stereocenters. The largest absolute Gasteiger partial charge is 0.298 e. The van der Waals surface area contributed by atoms with Gasteiger partial charge in [-0.25, -0.2) is 0 Å². The minimum absolute atomic E-state index is 0.0664. The summed E-state index contributed by atoms with van der Waals surface area (Å²) in [5.74, 6) is -0.344. The van der Waals surface area contributed by atoms with E-state index in [0.717, 1.165) is 5.56 Å². The molecule has 0 spiro atoms. The number of benzene rings is 2. The summed E-state index contributed by atoms with van der Waals surface area (Å²) in [5.41, 5.74) is 7.95. The monoisotopic (exact) mass is 342 g/mol. The SMILES string of the molecule is O=C(NNC1=CC(=O)c2ccccc21)c1ccccc1Br. The van der Waals surface area contributed by atoms with E-state index in [-0.39, 0.29) is 11.7 Å². The van der Waals surface area contributed by atoms with Crippen LogP contribution in [0.15, 0.2) is 59.1 Å². The van der Waals surface area contributed by atoms with Crippen LogP contribution in [0.5, 0.6) is 0 Å². The summed E-state index contributed by atoms with van der Waals surface area (Å²) in [5, 5.41) is 0. The van der Waals surface area contributed by atoms with Gasteiger partial charge in [-0.1, -0.05) is 36.4 Å². The van der Waals surface area contributed by atoms with Crippen molar-refractivity contribution >= 4 is 33.3 Å². The second-order valence-corrected chi connectivity index (χ2v) is 5.38. The summed E-state index contributed by atoms with van der Waals surface area (Å²) in [6.07, 6.45) is 1.48. The standard InChI is InChI=1S/C16H11BrN2O2/c17-13-8-4-3-7-12(13)16(21)19-18-14-9-15(20)11-6-2-1-5-10(11)14/h1-9,18H,(H,19,21). The predicted molar refractivity (Wildman–Crippen MR) is 83.5 cm³/mol. The molecule has 2 aromatic rings. The number of carbonyl (C=O) groups excluding carboxylic acids is 2. The average Bonchev–Trinajstić information content (AvgIpc) is 2.82. The normalized spacial score (nSPS) is 12.6. The highest BCUT2D eigenvalue weighted by atomic mass is 79.9. The molecule has 0 saturated heterocycles. The second kappa shape index (κ2) is 5.54. The van der Waals surface area contributed by atoms with Gasteiger partial charge in [-0.05, 0) is 28.1 Å². The minimum Gasteiger partial charge on any atom is -0.298 e. The van der Waals surface area contributed by atoms with Gasteiger partial charge in [-0.2, -0.15) is 0 Å². The van der Waals surface area contributed by atoms with E-state index in [0.29, 0.717) is 21.3 Å². The highest BCUT2D eigenvalue weighted by molar-refractivity contribution is 9.10. The second-order valence-electron chi connectivity index (χ2n) is 4.53. The van der Waals surface area contributed by atoms with Crippen LogP contribution in [-0.2, 0) is 0 Å². The van der Waals surface area contributed by atoms with E-state index in [4.69, 9.17) is 0 Å². The first kappa shape index (κ1) is 13.6. The van der Waals surface area contributed by atoms with Crippen LogP contribution >= 0.6 is 15.9 Å². The number of fused-ring (bicyclic) bond motifs is 1. The molecule has 1 aliphatic carbocycles. The molecule has 1 aliphatic rings. The highest BCUT2D eigenvalue weighted by Gasteiger charge is 2.20. The molecular formula is C16H11BrN2O2. The quantitative estimate of drug-likeness (QED) is 0.843. The number of carbonyl (C=O) groups is 2. The van der Waals surface area contributed by atoms with E-state index < -0.39 is 0 Å². The van der Waals surface area contributed by atoms with Gasteiger partial charge in [-0.15, -0.1) is 0 Å². The molecule has 21 heavy (non-hydrogen) atoms.